The van der Waals surface area contributed by atoms with E-state index in [1.807, 2.05) is 43.9 Å². The van der Waals surface area contributed by atoms with Crippen LogP contribution in [0, 0.1) is 28.6 Å². The van der Waals surface area contributed by atoms with Crippen molar-refractivity contribution >= 4 is 5.91 Å². The Morgan fingerprint density at radius 2 is 2.25 bits per heavy atom. The molecule has 20 heavy (non-hydrogen) atoms. The summed E-state index contributed by atoms with van der Waals surface area (Å²) in [5, 5.41) is 0. The first-order chi connectivity index (χ1) is 9.41. The molecule has 3 heteroatoms. The number of hydrogen-bond acceptors (Lipinski definition) is 2. The minimum atomic E-state index is -0.299. The third-order valence-electron chi connectivity index (χ3n) is 4.18. The molecule has 0 aromatic carbocycles. The number of pyridine rings is 1. The Balaban J connectivity index is 1.72. The fraction of sp³-hybridized carbons (Fsp3) is 0.529. The Labute approximate surface area is 120 Å². The largest absolute Gasteiger partial charge is 0.340 e. The molecule has 2 fully saturated rings. The lowest BCUT2D eigenvalue weighted by Crippen LogP contribution is -2.39. The van der Waals surface area contributed by atoms with Crippen LogP contribution in [-0.2, 0) is 4.79 Å². The summed E-state index contributed by atoms with van der Waals surface area (Å²) in [6.45, 7) is 7.59. The highest BCUT2D eigenvalue weighted by Gasteiger charge is 2.60. The van der Waals surface area contributed by atoms with Gasteiger partial charge in [0.15, 0.2) is 0 Å². The van der Waals surface area contributed by atoms with Crippen molar-refractivity contribution in [3.63, 3.8) is 0 Å². The molecular weight excluding hydrogens is 248 g/mol. The lowest BCUT2D eigenvalue weighted by atomic mass is 9.94. The van der Waals surface area contributed by atoms with E-state index in [2.05, 4.69) is 16.8 Å². The summed E-state index contributed by atoms with van der Waals surface area (Å²) < 4.78 is 0. The fourth-order valence-corrected chi connectivity index (χ4v) is 2.93. The normalized spacial score (nSPS) is 27.6. The topological polar surface area (TPSA) is 33.2 Å². The van der Waals surface area contributed by atoms with Crippen molar-refractivity contribution in [1.29, 1.82) is 0 Å². The van der Waals surface area contributed by atoms with E-state index in [9.17, 15) is 4.79 Å². The maximum atomic E-state index is 12.3. The van der Waals surface area contributed by atoms with Gasteiger partial charge in [0.1, 0.15) is 5.69 Å². The Hall–Kier alpha value is -1.82. The zero-order chi connectivity index (χ0) is 14.4. The van der Waals surface area contributed by atoms with Gasteiger partial charge >= 0.3 is 0 Å². The first kappa shape index (κ1) is 13.2. The molecular formula is C17H20N2O. The first-order valence-electron chi connectivity index (χ1n) is 7.14. The van der Waals surface area contributed by atoms with E-state index in [1.165, 1.54) is 0 Å². The van der Waals surface area contributed by atoms with Gasteiger partial charge < -0.3 is 4.90 Å². The van der Waals surface area contributed by atoms with Gasteiger partial charge in [-0.2, -0.15) is 0 Å². The molecule has 2 unspecified atom stereocenters. The monoisotopic (exact) mass is 268 g/mol. The number of nitrogens with zero attached hydrogens (tertiary/aromatic N) is 2. The van der Waals surface area contributed by atoms with Crippen LogP contribution < -0.4 is 0 Å². The van der Waals surface area contributed by atoms with E-state index in [1.54, 1.807) is 6.20 Å². The zero-order valence-electron chi connectivity index (χ0n) is 12.3. The maximum Gasteiger partial charge on any atom is 0.228 e. The standard InChI is InChI=1S/C17H20N2O/c1-16(2,3)15(20)19-11-13-10-17(13,12-19)8-7-14-6-4-5-9-18-14/h4-6,9,13H,10-12H2,1-3H3. The number of likely N-dealkylation sites (tertiary alicyclic amines) is 1. The van der Waals surface area contributed by atoms with Crippen molar-refractivity contribution in [3.8, 4) is 11.8 Å². The van der Waals surface area contributed by atoms with E-state index >= 15 is 0 Å². The van der Waals surface area contributed by atoms with Crippen molar-refractivity contribution < 1.29 is 4.79 Å². The van der Waals surface area contributed by atoms with Crippen molar-refractivity contribution in [2.24, 2.45) is 16.7 Å². The molecule has 0 N–H and O–H groups in total. The number of piperidine rings is 1. The number of aromatic nitrogens is 1. The molecule has 1 saturated heterocycles. The van der Waals surface area contributed by atoms with Gasteiger partial charge in [0.05, 0.1) is 5.41 Å². The number of rotatable bonds is 0. The predicted octanol–water partition coefficient (Wildman–Crippen LogP) is 2.33. The maximum absolute atomic E-state index is 12.3. The predicted molar refractivity (Wildman–Crippen MR) is 77.7 cm³/mol. The van der Waals surface area contributed by atoms with Gasteiger partial charge in [-0.1, -0.05) is 32.8 Å². The first-order valence-corrected chi connectivity index (χ1v) is 7.14. The fourth-order valence-electron chi connectivity index (χ4n) is 2.93. The number of amides is 1. The summed E-state index contributed by atoms with van der Waals surface area (Å²) in [4.78, 5) is 18.5. The molecule has 1 saturated carbocycles. The molecule has 0 spiro atoms. The molecule has 2 atom stereocenters. The average Bonchev–Trinajstić information content (AvgIpc) is 2.97. The number of carbonyl (C=O) groups excluding carboxylic acids is 1. The molecule has 0 bridgehead atoms. The second kappa shape index (κ2) is 4.34. The highest BCUT2D eigenvalue weighted by atomic mass is 16.2. The van der Waals surface area contributed by atoms with E-state index in [0.29, 0.717) is 5.92 Å². The smallest absolute Gasteiger partial charge is 0.228 e. The minimum absolute atomic E-state index is 0.0401. The lowest BCUT2D eigenvalue weighted by molar-refractivity contribution is -0.139. The zero-order valence-corrected chi connectivity index (χ0v) is 12.3. The average molecular weight is 268 g/mol. The Kier molecular flexibility index (Phi) is 2.86. The van der Waals surface area contributed by atoms with E-state index < -0.39 is 0 Å². The van der Waals surface area contributed by atoms with Crippen LogP contribution in [0.1, 0.15) is 32.9 Å². The summed E-state index contributed by atoms with van der Waals surface area (Å²) in [6.07, 6.45) is 2.89. The van der Waals surface area contributed by atoms with Crippen LogP contribution in [-0.4, -0.2) is 28.9 Å². The van der Waals surface area contributed by atoms with Gasteiger partial charge in [0.2, 0.25) is 5.91 Å². The Morgan fingerprint density at radius 1 is 1.45 bits per heavy atom. The molecule has 1 aliphatic heterocycles. The molecule has 1 aromatic rings. The van der Waals surface area contributed by atoms with Crippen molar-refractivity contribution in [2.45, 2.75) is 27.2 Å². The number of carbonyl (C=O) groups is 1. The molecule has 1 aliphatic carbocycles. The summed E-state index contributed by atoms with van der Waals surface area (Å²) in [6, 6.07) is 5.76. The number of fused-ring (bicyclic) bond motifs is 1. The van der Waals surface area contributed by atoms with Crippen molar-refractivity contribution in [3.05, 3.63) is 30.1 Å². The van der Waals surface area contributed by atoms with Crippen LogP contribution in [0.5, 0.6) is 0 Å². The van der Waals surface area contributed by atoms with Crippen molar-refractivity contribution in [1.82, 2.24) is 9.88 Å². The minimum Gasteiger partial charge on any atom is -0.340 e. The summed E-state index contributed by atoms with van der Waals surface area (Å²) in [7, 11) is 0. The second-order valence-corrected chi connectivity index (χ2v) is 6.96. The van der Waals surface area contributed by atoms with Gasteiger partial charge in [0, 0.05) is 24.7 Å². The molecule has 2 heterocycles. The van der Waals surface area contributed by atoms with Crippen LogP contribution in [0.15, 0.2) is 24.4 Å². The highest BCUT2D eigenvalue weighted by molar-refractivity contribution is 5.82. The Morgan fingerprint density at radius 3 is 2.90 bits per heavy atom. The summed E-state index contributed by atoms with van der Waals surface area (Å²) >= 11 is 0. The van der Waals surface area contributed by atoms with E-state index in [-0.39, 0.29) is 16.7 Å². The molecule has 1 aromatic heterocycles. The van der Waals surface area contributed by atoms with E-state index in [0.717, 1.165) is 25.2 Å². The Bertz CT molecular complexity index is 591. The second-order valence-electron chi connectivity index (χ2n) is 6.96. The SMILES string of the molecule is CC(C)(C)C(=O)N1CC2CC2(C#Cc2ccccn2)C1. The van der Waals surface area contributed by atoms with Crippen LogP contribution >= 0.6 is 0 Å². The molecule has 0 radical (unpaired) electrons. The lowest BCUT2D eigenvalue weighted by Gasteiger charge is -2.27. The third kappa shape index (κ3) is 2.31. The van der Waals surface area contributed by atoms with Crippen LogP contribution in [0.2, 0.25) is 0 Å². The van der Waals surface area contributed by atoms with Crippen LogP contribution in [0.3, 0.4) is 0 Å². The third-order valence-corrected chi connectivity index (χ3v) is 4.18. The molecule has 1 amide bonds. The quantitative estimate of drug-likeness (QED) is 0.677. The molecule has 104 valence electrons. The molecule has 3 rings (SSSR count). The summed E-state index contributed by atoms with van der Waals surface area (Å²) in [5.41, 5.74) is 0.554. The van der Waals surface area contributed by atoms with Gasteiger partial charge in [0.25, 0.3) is 0 Å². The number of hydrogen-bond donors (Lipinski definition) is 0. The summed E-state index contributed by atoms with van der Waals surface area (Å²) in [5.74, 6) is 7.35. The van der Waals surface area contributed by atoms with Crippen LogP contribution in [0.25, 0.3) is 0 Å². The van der Waals surface area contributed by atoms with Gasteiger partial charge in [-0.3, -0.25) is 4.79 Å². The molecule has 2 aliphatic rings. The van der Waals surface area contributed by atoms with Gasteiger partial charge in [-0.05, 0) is 30.4 Å². The van der Waals surface area contributed by atoms with Crippen LogP contribution in [0.4, 0.5) is 0 Å². The van der Waals surface area contributed by atoms with Crippen molar-refractivity contribution in [2.75, 3.05) is 13.1 Å². The highest BCUT2D eigenvalue weighted by Crippen LogP contribution is 2.57. The van der Waals surface area contributed by atoms with Gasteiger partial charge in [-0.15, -0.1) is 0 Å². The molecule has 3 nitrogen and oxygen atoms in total. The van der Waals surface area contributed by atoms with Gasteiger partial charge in [-0.25, -0.2) is 4.98 Å². The van der Waals surface area contributed by atoms with E-state index in [4.69, 9.17) is 0 Å².